The predicted molar refractivity (Wildman–Crippen MR) is 90.0 cm³/mol. The number of benzene rings is 1. The van der Waals surface area contributed by atoms with Gasteiger partial charge in [-0.15, -0.1) is 0 Å². The second kappa shape index (κ2) is 7.59. The monoisotopic (exact) mass is 335 g/mol. The van der Waals surface area contributed by atoms with Crippen LogP contribution in [-0.4, -0.2) is 78.1 Å². The van der Waals surface area contributed by atoms with Gasteiger partial charge in [0.15, 0.2) is 0 Å². The van der Waals surface area contributed by atoms with Gasteiger partial charge in [-0.2, -0.15) is 0 Å². The van der Waals surface area contributed by atoms with E-state index in [-0.39, 0.29) is 17.8 Å². The fourth-order valence-electron chi connectivity index (χ4n) is 3.64. The van der Waals surface area contributed by atoms with E-state index in [9.17, 15) is 14.3 Å². The van der Waals surface area contributed by atoms with Gasteiger partial charge in [0.25, 0.3) is 0 Å². The van der Waals surface area contributed by atoms with E-state index in [2.05, 4.69) is 16.8 Å². The Bertz CT molecular complexity index is 575. The van der Waals surface area contributed by atoms with E-state index in [1.807, 2.05) is 11.0 Å². The van der Waals surface area contributed by atoms with Gasteiger partial charge in [-0.1, -0.05) is 12.1 Å². The molecule has 2 saturated heterocycles. The molecule has 1 amide bonds. The lowest BCUT2D eigenvalue weighted by atomic mass is 10.0. The second-order valence-corrected chi connectivity index (χ2v) is 6.89. The number of halogens is 1. The van der Waals surface area contributed by atoms with Gasteiger partial charge in [0.2, 0.25) is 5.91 Å². The van der Waals surface area contributed by atoms with E-state index in [0.29, 0.717) is 25.9 Å². The number of hydrogen-bond acceptors (Lipinski definition) is 4. The zero-order valence-electron chi connectivity index (χ0n) is 14.2. The molecule has 2 fully saturated rings. The predicted octanol–water partition coefficient (Wildman–Crippen LogP) is 1.10. The molecule has 0 saturated carbocycles. The fraction of sp³-hybridized carbons (Fsp3) is 0.611. The number of hydrogen-bond donors (Lipinski definition) is 1. The summed E-state index contributed by atoms with van der Waals surface area (Å²) in [6, 6.07) is 6.52. The number of amides is 1. The first-order valence-corrected chi connectivity index (χ1v) is 8.67. The number of β-amino-alcohol motifs (C(OH)–C–C–N with tert-alkyl or cyclic N) is 1. The highest BCUT2D eigenvalue weighted by atomic mass is 19.1. The Morgan fingerprint density at radius 1 is 1.29 bits per heavy atom. The quantitative estimate of drug-likeness (QED) is 0.895. The van der Waals surface area contributed by atoms with E-state index in [4.69, 9.17) is 0 Å². The maximum Gasteiger partial charge on any atom is 0.223 e. The SMILES string of the molecule is CN1CCN(C(=O)CCN2C[C@H](O)C[C@H]2c2cccc(F)c2)CC1. The van der Waals surface area contributed by atoms with E-state index in [0.717, 1.165) is 31.7 Å². The highest BCUT2D eigenvalue weighted by Gasteiger charge is 2.32. The van der Waals surface area contributed by atoms with Crippen molar-refractivity contribution in [3.63, 3.8) is 0 Å². The first-order chi connectivity index (χ1) is 11.5. The summed E-state index contributed by atoms with van der Waals surface area (Å²) in [5, 5.41) is 10.0. The molecule has 6 heteroatoms. The third-order valence-electron chi connectivity index (χ3n) is 5.08. The molecule has 0 unspecified atom stereocenters. The average molecular weight is 335 g/mol. The van der Waals surface area contributed by atoms with Gasteiger partial charge >= 0.3 is 0 Å². The number of carbonyl (C=O) groups excluding carboxylic acids is 1. The number of carbonyl (C=O) groups is 1. The molecule has 5 nitrogen and oxygen atoms in total. The van der Waals surface area contributed by atoms with Crippen molar-refractivity contribution in [3.05, 3.63) is 35.6 Å². The van der Waals surface area contributed by atoms with Gasteiger partial charge in [-0.25, -0.2) is 4.39 Å². The number of nitrogens with zero attached hydrogens (tertiary/aromatic N) is 3. The zero-order valence-corrected chi connectivity index (χ0v) is 14.2. The molecule has 0 spiro atoms. The van der Waals surface area contributed by atoms with Crippen LogP contribution in [0.3, 0.4) is 0 Å². The molecule has 0 aliphatic carbocycles. The van der Waals surface area contributed by atoms with Gasteiger partial charge in [-0.3, -0.25) is 9.69 Å². The summed E-state index contributed by atoms with van der Waals surface area (Å²) < 4.78 is 13.5. The summed E-state index contributed by atoms with van der Waals surface area (Å²) in [4.78, 5) is 18.6. The van der Waals surface area contributed by atoms with Crippen LogP contribution in [0.2, 0.25) is 0 Å². The Balaban J connectivity index is 1.58. The topological polar surface area (TPSA) is 47.0 Å². The molecule has 2 atom stereocenters. The van der Waals surface area contributed by atoms with Crippen molar-refractivity contribution in [1.82, 2.24) is 14.7 Å². The first kappa shape index (κ1) is 17.3. The normalized spacial score (nSPS) is 26.0. The van der Waals surface area contributed by atoms with Crippen molar-refractivity contribution in [2.45, 2.75) is 25.0 Å². The van der Waals surface area contributed by atoms with Crippen LogP contribution in [-0.2, 0) is 4.79 Å². The van der Waals surface area contributed by atoms with Crippen molar-refractivity contribution in [3.8, 4) is 0 Å². The second-order valence-electron chi connectivity index (χ2n) is 6.89. The Hall–Kier alpha value is -1.50. The third-order valence-corrected chi connectivity index (χ3v) is 5.08. The largest absolute Gasteiger partial charge is 0.392 e. The number of rotatable bonds is 4. The van der Waals surface area contributed by atoms with Crippen LogP contribution < -0.4 is 0 Å². The summed E-state index contributed by atoms with van der Waals surface area (Å²) in [6.07, 6.45) is 0.617. The van der Waals surface area contributed by atoms with Crippen LogP contribution in [0.5, 0.6) is 0 Å². The van der Waals surface area contributed by atoms with Crippen LogP contribution in [0.25, 0.3) is 0 Å². The number of piperazine rings is 1. The molecule has 2 aliphatic rings. The average Bonchev–Trinajstić information content (AvgIpc) is 2.94. The molecule has 0 aromatic heterocycles. The highest BCUT2D eigenvalue weighted by molar-refractivity contribution is 5.76. The Labute approximate surface area is 142 Å². The molecule has 3 rings (SSSR count). The maximum atomic E-state index is 13.5. The molecule has 2 aliphatic heterocycles. The lowest BCUT2D eigenvalue weighted by Gasteiger charge is -2.33. The van der Waals surface area contributed by atoms with Crippen LogP contribution in [0.15, 0.2) is 24.3 Å². The molecule has 1 aromatic rings. The van der Waals surface area contributed by atoms with Crippen molar-refractivity contribution in [2.24, 2.45) is 0 Å². The zero-order chi connectivity index (χ0) is 17.1. The van der Waals surface area contributed by atoms with Crippen molar-refractivity contribution >= 4 is 5.91 Å². The van der Waals surface area contributed by atoms with Crippen LogP contribution in [0, 0.1) is 5.82 Å². The Morgan fingerprint density at radius 2 is 2.04 bits per heavy atom. The van der Waals surface area contributed by atoms with E-state index in [1.54, 1.807) is 6.07 Å². The smallest absolute Gasteiger partial charge is 0.223 e. The summed E-state index contributed by atoms with van der Waals surface area (Å²) in [6.45, 7) is 4.54. The number of aliphatic hydroxyl groups is 1. The molecule has 1 aromatic carbocycles. The van der Waals surface area contributed by atoms with Crippen LogP contribution >= 0.6 is 0 Å². The van der Waals surface area contributed by atoms with Crippen molar-refractivity contribution in [1.29, 1.82) is 0 Å². The number of likely N-dealkylation sites (N-methyl/N-ethyl adjacent to an activating group) is 1. The van der Waals surface area contributed by atoms with Crippen LogP contribution in [0.4, 0.5) is 4.39 Å². The van der Waals surface area contributed by atoms with E-state index in [1.165, 1.54) is 12.1 Å². The van der Waals surface area contributed by atoms with E-state index < -0.39 is 6.10 Å². The highest BCUT2D eigenvalue weighted by Crippen LogP contribution is 2.32. The van der Waals surface area contributed by atoms with Crippen molar-refractivity contribution < 1.29 is 14.3 Å². The van der Waals surface area contributed by atoms with E-state index >= 15 is 0 Å². The lowest BCUT2D eigenvalue weighted by Crippen LogP contribution is -2.47. The van der Waals surface area contributed by atoms with Crippen molar-refractivity contribution in [2.75, 3.05) is 46.3 Å². The number of likely N-dealkylation sites (tertiary alicyclic amines) is 1. The summed E-state index contributed by atoms with van der Waals surface area (Å²) in [5.74, 6) is -0.0927. The maximum absolute atomic E-state index is 13.5. The summed E-state index contributed by atoms with van der Waals surface area (Å²) in [7, 11) is 2.07. The fourth-order valence-corrected chi connectivity index (χ4v) is 3.64. The summed E-state index contributed by atoms with van der Waals surface area (Å²) >= 11 is 0. The molecule has 24 heavy (non-hydrogen) atoms. The summed E-state index contributed by atoms with van der Waals surface area (Å²) in [5.41, 5.74) is 0.874. The molecule has 0 bridgehead atoms. The van der Waals surface area contributed by atoms with Gasteiger partial charge < -0.3 is 14.9 Å². The molecule has 132 valence electrons. The lowest BCUT2D eigenvalue weighted by molar-refractivity contribution is -0.133. The van der Waals surface area contributed by atoms with Gasteiger partial charge in [-0.05, 0) is 31.2 Å². The van der Waals surface area contributed by atoms with Gasteiger partial charge in [0, 0.05) is 51.7 Å². The molecule has 1 N–H and O–H groups in total. The first-order valence-electron chi connectivity index (χ1n) is 8.67. The minimum Gasteiger partial charge on any atom is -0.392 e. The standard InChI is InChI=1S/C18H26FN3O2/c1-20-7-9-21(10-8-20)18(24)5-6-22-13-16(23)12-17(22)14-3-2-4-15(19)11-14/h2-4,11,16-17,23H,5-10,12-13H2,1H3/t16-,17+/m1/s1. The third kappa shape index (κ3) is 4.12. The molecular weight excluding hydrogens is 309 g/mol. The van der Waals surface area contributed by atoms with Gasteiger partial charge in [0.1, 0.15) is 5.82 Å². The molecule has 0 radical (unpaired) electrons. The minimum absolute atomic E-state index is 0.0176. The number of aliphatic hydroxyl groups excluding tert-OH is 1. The minimum atomic E-state index is -0.419. The molecule has 2 heterocycles. The van der Waals surface area contributed by atoms with Crippen LogP contribution in [0.1, 0.15) is 24.4 Å². The molecular formula is C18H26FN3O2. The Kier molecular flexibility index (Phi) is 5.48. The Morgan fingerprint density at radius 3 is 2.75 bits per heavy atom. The van der Waals surface area contributed by atoms with Gasteiger partial charge in [0.05, 0.1) is 6.10 Å².